The van der Waals surface area contributed by atoms with Crippen molar-refractivity contribution in [3.8, 4) is 0 Å². The predicted octanol–water partition coefficient (Wildman–Crippen LogP) is 1.98. The maximum Gasteiger partial charge on any atom is 0.223 e. The van der Waals surface area contributed by atoms with E-state index in [1.54, 1.807) is 11.1 Å². The number of nitrogens with zero attached hydrogens (tertiary/aromatic N) is 2. The topological polar surface area (TPSA) is 50.3 Å². The van der Waals surface area contributed by atoms with Gasteiger partial charge in [-0.2, -0.15) is 0 Å². The van der Waals surface area contributed by atoms with E-state index in [0.717, 1.165) is 18.5 Å². The summed E-state index contributed by atoms with van der Waals surface area (Å²) in [7, 11) is 0. The first-order valence-corrected chi connectivity index (χ1v) is 6.75. The van der Waals surface area contributed by atoms with E-state index in [2.05, 4.69) is 4.98 Å². The molecule has 1 aromatic rings. The zero-order valence-electron chi connectivity index (χ0n) is 11.6. The highest BCUT2D eigenvalue weighted by atomic mass is 16.2. The lowest BCUT2D eigenvalue weighted by molar-refractivity contribution is -0.138. The number of rotatable bonds is 4. The Morgan fingerprint density at radius 1 is 1.42 bits per heavy atom. The van der Waals surface area contributed by atoms with Crippen LogP contribution < -0.4 is 0 Å². The molecule has 0 atom stereocenters. The summed E-state index contributed by atoms with van der Waals surface area (Å²) in [4.78, 5) is 29.8. The fourth-order valence-corrected chi connectivity index (χ4v) is 2.49. The number of pyridine rings is 1. The summed E-state index contributed by atoms with van der Waals surface area (Å²) < 4.78 is 0. The molecule has 1 saturated heterocycles. The van der Waals surface area contributed by atoms with Crippen molar-refractivity contribution >= 4 is 11.7 Å². The Morgan fingerprint density at radius 3 is 2.79 bits per heavy atom. The van der Waals surface area contributed by atoms with Crippen molar-refractivity contribution < 1.29 is 9.59 Å². The van der Waals surface area contributed by atoms with Crippen LogP contribution in [0, 0.1) is 0 Å². The highest BCUT2D eigenvalue weighted by Crippen LogP contribution is 2.26. The minimum absolute atomic E-state index is 0.0757. The molecule has 0 bridgehead atoms. The summed E-state index contributed by atoms with van der Waals surface area (Å²) in [5.74, 6) is 0.234. The molecule has 0 unspecified atom stereocenters. The van der Waals surface area contributed by atoms with E-state index in [1.165, 1.54) is 0 Å². The van der Waals surface area contributed by atoms with E-state index in [4.69, 9.17) is 0 Å². The van der Waals surface area contributed by atoms with E-state index >= 15 is 0 Å². The molecule has 2 rings (SSSR count). The molecule has 0 N–H and O–H groups in total. The third kappa shape index (κ3) is 3.00. The summed E-state index contributed by atoms with van der Waals surface area (Å²) >= 11 is 0. The smallest absolute Gasteiger partial charge is 0.223 e. The number of amides is 1. The van der Waals surface area contributed by atoms with Crippen LogP contribution in [0.3, 0.4) is 0 Å². The van der Waals surface area contributed by atoms with Gasteiger partial charge in [0.1, 0.15) is 0 Å². The van der Waals surface area contributed by atoms with Crippen LogP contribution >= 0.6 is 0 Å². The maximum atomic E-state index is 12.2. The Hall–Kier alpha value is -1.71. The van der Waals surface area contributed by atoms with E-state index in [-0.39, 0.29) is 11.7 Å². The van der Waals surface area contributed by atoms with Gasteiger partial charge >= 0.3 is 0 Å². The van der Waals surface area contributed by atoms with Crippen LogP contribution in [0.5, 0.6) is 0 Å². The lowest BCUT2D eigenvalue weighted by Crippen LogP contribution is -2.46. The molecule has 1 aliphatic rings. The van der Waals surface area contributed by atoms with Crippen LogP contribution in [0.4, 0.5) is 0 Å². The molecule has 1 fully saturated rings. The fourth-order valence-electron chi connectivity index (χ4n) is 2.49. The molecule has 0 aromatic carbocycles. The molecule has 0 aliphatic carbocycles. The molecular formula is C15H20N2O2. The predicted molar refractivity (Wildman–Crippen MR) is 72.6 cm³/mol. The van der Waals surface area contributed by atoms with Crippen molar-refractivity contribution in [3.05, 3.63) is 30.1 Å². The normalized spacial score (nSPS) is 17.8. The quantitative estimate of drug-likeness (QED) is 0.831. The molecule has 1 aliphatic heterocycles. The maximum absolute atomic E-state index is 12.2. The first kappa shape index (κ1) is 13.7. The molecule has 2 heterocycles. The molecule has 19 heavy (non-hydrogen) atoms. The minimum atomic E-state index is -0.623. The second-order valence-electron chi connectivity index (χ2n) is 5.45. The number of likely N-dealkylation sites (tertiary alicyclic amines) is 1. The largest absolute Gasteiger partial charge is 0.330 e. The van der Waals surface area contributed by atoms with Crippen molar-refractivity contribution in [2.45, 2.75) is 45.1 Å². The first-order valence-electron chi connectivity index (χ1n) is 6.75. The Balaban J connectivity index is 1.84. The first-order chi connectivity index (χ1) is 9.01. The van der Waals surface area contributed by atoms with Gasteiger partial charge in [0.2, 0.25) is 5.91 Å². The second-order valence-corrected chi connectivity index (χ2v) is 5.45. The Labute approximate surface area is 113 Å². The minimum Gasteiger partial charge on any atom is -0.330 e. The molecule has 1 amide bonds. The Bertz CT molecular complexity index is 468. The highest BCUT2D eigenvalue weighted by Gasteiger charge is 2.42. The van der Waals surface area contributed by atoms with Gasteiger partial charge in [0.15, 0.2) is 5.78 Å². The number of carbonyl (C=O) groups is 2. The van der Waals surface area contributed by atoms with Gasteiger partial charge in [0.25, 0.3) is 0 Å². The third-order valence-electron chi connectivity index (χ3n) is 3.77. The van der Waals surface area contributed by atoms with Gasteiger partial charge in [-0.1, -0.05) is 6.07 Å². The second kappa shape index (κ2) is 5.51. The van der Waals surface area contributed by atoms with Gasteiger partial charge in [-0.25, -0.2) is 0 Å². The van der Waals surface area contributed by atoms with Crippen molar-refractivity contribution in [2.75, 3.05) is 6.54 Å². The summed E-state index contributed by atoms with van der Waals surface area (Å²) in [6.07, 6.45) is 4.30. The number of aromatic nitrogens is 1. The lowest BCUT2D eigenvalue weighted by atomic mass is 10.00. The zero-order valence-corrected chi connectivity index (χ0v) is 11.6. The highest BCUT2D eigenvalue weighted by molar-refractivity contribution is 5.95. The van der Waals surface area contributed by atoms with E-state index in [0.29, 0.717) is 19.4 Å². The molecular weight excluding hydrogens is 240 g/mol. The standard InChI is InChI=1S/C15H20N2O2/c1-15(2)13(18)9-11-17(15)14(19)8-5-7-12-6-3-4-10-16-12/h3-4,6,10H,5,7-9,11H2,1-2H3. The van der Waals surface area contributed by atoms with Crippen LogP contribution in [0.25, 0.3) is 0 Å². The molecule has 1 aromatic heterocycles. The van der Waals surface area contributed by atoms with Gasteiger partial charge < -0.3 is 4.90 Å². The van der Waals surface area contributed by atoms with Gasteiger partial charge in [-0.15, -0.1) is 0 Å². The molecule has 4 heteroatoms. The molecule has 102 valence electrons. The third-order valence-corrected chi connectivity index (χ3v) is 3.77. The number of hydrogen-bond acceptors (Lipinski definition) is 3. The van der Waals surface area contributed by atoms with Crippen LogP contribution in [0.15, 0.2) is 24.4 Å². The zero-order chi connectivity index (χ0) is 13.9. The number of carbonyl (C=O) groups excluding carboxylic acids is 2. The van der Waals surface area contributed by atoms with Crippen LogP contribution in [0.1, 0.15) is 38.8 Å². The molecule has 0 radical (unpaired) electrons. The van der Waals surface area contributed by atoms with E-state index < -0.39 is 5.54 Å². The molecule has 0 spiro atoms. The van der Waals surface area contributed by atoms with Crippen molar-refractivity contribution in [3.63, 3.8) is 0 Å². The van der Waals surface area contributed by atoms with E-state index in [1.807, 2.05) is 32.0 Å². The van der Waals surface area contributed by atoms with E-state index in [9.17, 15) is 9.59 Å². The van der Waals surface area contributed by atoms with Crippen molar-refractivity contribution in [1.29, 1.82) is 0 Å². The average Bonchev–Trinajstić information content (AvgIpc) is 2.65. The van der Waals surface area contributed by atoms with Crippen LogP contribution in [-0.2, 0) is 16.0 Å². The molecule has 0 saturated carbocycles. The SMILES string of the molecule is CC1(C)C(=O)CCN1C(=O)CCCc1ccccn1. The average molecular weight is 260 g/mol. The number of aryl methyl sites for hydroxylation is 1. The summed E-state index contributed by atoms with van der Waals surface area (Å²) in [5, 5.41) is 0. The van der Waals surface area contributed by atoms with Crippen LogP contribution in [-0.4, -0.2) is 33.7 Å². The Kier molecular flexibility index (Phi) is 3.98. The summed E-state index contributed by atoms with van der Waals surface area (Å²) in [5.41, 5.74) is 0.384. The fraction of sp³-hybridized carbons (Fsp3) is 0.533. The lowest BCUT2D eigenvalue weighted by Gasteiger charge is -2.30. The molecule has 4 nitrogen and oxygen atoms in total. The Morgan fingerprint density at radius 2 is 2.21 bits per heavy atom. The monoisotopic (exact) mass is 260 g/mol. The van der Waals surface area contributed by atoms with Gasteiger partial charge in [0, 0.05) is 31.3 Å². The van der Waals surface area contributed by atoms with Gasteiger partial charge in [0.05, 0.1) is 5.54 Å². The van der Waals surface area contributed by atoms with Gasteiger partial charge in [-0.05, 0) is 38.8 Å². The van der Waals surface area contributed by atoms with Crippen molar-refractivity contribution in [2.24, 2.45) is 0 Å². The number of Topliss-reactive ketones (excluding diaryl/α,β-unsaturated/α-hetero) is 1. The number of hydrogen-bond donors (Lipinski definition) is 0. The van der Waals surface area contributed by atoms with Crippen LogP contribution in [0.2, 0.25) is 0 Å². The number of ketones is 1. The van der Waals surface area contributed by atoms with Crippen molar-refractivity contribution in [1.82, 2.24) is 9.88 Å². The summed E-state index contributed by atoms with van der Waals surface area (Å²) in [6.45, 7) is 4.23. The van der Waals surface area contributed by atoms with Gasteiger partial charge in [-0.3, -0.25) is 14.6 Å². The summed E-state index contributed by atoms with van der Waals surface area (Å²) in [6, 6.07) is 5.80.